The maximum Gasteiger partial charge on any atom is 0.153 e. The lowest BCUT2D eigenvalue weighted by Crippen LogP contribution is -2.35. The van der Waals surface area contributed by atoms with E-state index in [2.05, 4.69) is 51.9 Å². The van der Waals surface area contributed by atoms with Crippen LogP contribution in [0.25, 0.3) is 22.4 Å². The Morgan fingerprint density at radius 1 is 0.824 bits per heavy atom. The largest absolute Gasteiger partial charge is 0.378 e. The molecule has 0 saturated carbocycles. The number of benzene rings is 3. The first-order valence-electron chi connectivity index (χ1n) is 11.5. The van der Waals surface area contributed by atoms with Crippen LogP contribution in [0.3, 0.4) is 0 Å². The van der Waals surface area contributed by atoms with Crippen molar-refractivity contribution in [3.05, 3.63) is 102 Å². The third-order valence-electron chi connectivity index (χ3n) is 6.03. The minimum atomic E-state index is 0.588. The molecule has 5 rings (SSSR count). The molecule has 1 aromatic heterocycles. The Kier molecular flexibility index (Phi) is 6.51. The second-order valence-electron chi connectivity index (χ2n) is 8.23. The van der Waals surface area contributed by atoms with Crippen molar-refractivity contribution in [3.8, 4) is 28.5 Å². The SMILES string of the molecule is N#Cc1c(-c2ccccc2)c(-c2ccccc2)n(Cc2ccccc2)c1/N=C/N1CCOCC1. The van der Waals surface area contributed by atoms with Crippen molar-refractivity contribution in [1.29, 1.82) is 5.26 Å². The van der Waals surface area contributed by atoms with Crippen molar-refractivity contribution in [3.63, 3.8) is 0 Å². The second-order valence-corrected chi connectivity index (χ2v) is 8.23. The molecule has 1 aliphatic heterocycles. The van der Waals surface area contributed by atoms with Crippen molar-refractivity contribution in [2.24, 2.45) is 4.99 Å². The van der Waals surface area contributed by atoms with Gasteiger partial charge < -0.3 is 14.2 Å². The molecule has 0 atom stereocenters. The summed E-state index contributed by atoms with van der Waals surface area (Å²) in [6.07, 6.45) is 1.86. The van der Waals surface area contributed by atoms with E-state index >= 15 is 0 Å². The molecule has 1 saturated heterocycles. The van der Waals surface area contributed by atoms with E-state index in [1.807, 2.05) is 60.9 Å². The van der Waals surface area contributed by atoms with Gasteiger partial charge in [0.25, 0.3) is 0 Å². The van der Waals surface area contributed by atoms with Crippen LogP contribution in [-0.2, 0) is 11.3 Å². The lowest BCUT2D eigenvalue weighted by molar-refractivity contribution is 0.0701. The first-order chi connectivity index (χ1) is 16.8. The number of morpholine rings is 1. The van der Waals surface area contributed by atoms with Gasteiger partial charge in [0, 0.05) is 25.2 Å². The standard InChI is InChI=1S/C29H26N4O/c30-20-26-27(24-12-6-2-7-13-24)28(25-14-8-3-9-15-25)33(21-23-10-4-1-5-11-23)29(26)31-22-32-16-18-34-19-17-32/h1-15,22H,16-19,21H2/b31-22+. The summed E-state index contributed by atoms with van der Waals surface area (Å²) in [4.78, 5) is 7.06. The van der Waals surface area contributed by atoms with Crippen LogP contribution in [-0.4, -0.2) is 42.1 Å². The van der Waals surface area contributed by atoms with Gasteiger partial charge in [-0.3, -0.25) is 0 Å². The van der Waals surface area contributed by atoms with Crippen LogP contribution in [0.1, 0.15) is 11.1 Å². The second kappa shape index (κ2) is 10.2. The average Bonchev–Trinajstić information content (AvgIpc) is 3.22. The lowest BCUT2D eigenvalue weighted by Gasteiger charge is -2.24. The van der Waals surface area contributed by atoms with Crippen molar-refractivity contribution in [1.82, 2.24) is 9.47 Å². The van der Waals surface area contributed by atoms with Crippen molar-refractivity contribution >= 4 is 12.2 Å². The molecule has 5 heteroatoms. The highest BCUT2D eigenvalue weighted by Gasteiger charge is 2.25. The smallest absolute Gasteiger partial charge is 0.153 e. The van der Waals surface area contributed by atoms with Gasteiger partial charge in [-0.25, -0.2) is 4.99 Å². The van der Waals surface area contributed by atoms with Crippen molar-refractivity contribution in [2.75, 3.05) is 26.3 Å². The molecule has 0 radical (unpaired) electrons. The number of aromatic nitrogens is 1. The van der Waals surface area contributed by atoms with Gasteiger partial charge in [-0.15, -0.1) is 0 Å². The first kappa shape index (κ1) is 21.7. The predicted molar refractivity (Wildman–Crippen MR) is 136 cm³/mol. The summed E-state index contributed by atoms with van der Waals surface area (Å²) >= 11 is 0. The normalized spacial score (nSPS) is 13.8. The Morgan fingerprint density at radius 3 is 2.03 bits per heavy atom. The fraction of sp³-hybridized carbons (Fsp3) is 0.172. The Morgan fingerprint density at radius 2 is 1.41 bits per heavy atom. The van der Waals surface area contributed by atoms with Crippen LogP contribution in [0.2, 0.25) is 0 Å². The number of nitriles is 1. The highest BCUT2D eigenvalue weighted by molar-refractivity contribution is 5.91. The maximum absolute atomic E-state index is 10.4. The number of rotatable bonds is 6. The van der Waals surface area contributed by atoms with E-state index in [4.69, 9.17) is 9.73 Å². The minimum absolute atomic E-state index is 0.588. The van der Waals surface area contributed by atoms with Crippen LogP contribution in [0.4, 0.5) is 5.82 Å². The summed E-state index contributed by atoms with van der Waals surface area (Å²) in [7, 11) is 0. The van der Waals surface area contributed by atoms with E-state index in [0.717, 1.165) is 41.0 Å². The highest BCUT2D eigenvalue weighted by Crippen LogP contribution is 2.43. The molecule has 0 bridgehead atoms. The van der Waals surface area contributed by atoms with E-state index < -0.39 is 0 Å². The molecule has 0 unspecified atom stereocenters. The van der Waals surface area contributed by atoms with Crippen LogP contribution >= 0.6 is 0 Å². The fourth-order valence-electron chi connectivity index (χ4n) is 4.38. The molecule has 1 fully saturated rings. The average molecular weight is 447 g/mol. The Hall–Kier alpha value is -4.14. The minimum Gasteiger partial charge on any atom is -0.378 e. The van der Waals surface area contributed by atoms with Crippen LogP contribution < -0.4 is 0 Å². The number of hydrogen-bond donors (Lipinski definition) is 0. The molecule has 0 aliphatic carbocycles. The van der Waals surface area contributed by atoms with E-state index in [9.17, 15) is 5.26 Å². The lowest BCUT2D eigenvalue weighted by atomic mass is 9.98. The summed E-state index contributed by atoms with van der Waals surface area (Å²) < 4.78 is 7.66. The highest BCUT2D eigenvalue weighted by atomic mass is 16.5. The Labute approximate surface area is 200 Å². The van der Waals surface area contributed by atoms with Gasteiger partial charge in [-0.2, -0.15) is 5.26 Å². The van der Waals surface area contributed by atoms with Gasteiger partial charge in [0.05, 0.1) is 25.2 Å². The summed E-state index contributed by atoms with van der Waals surface area (Å²) in [5.74, 6) is 0.676. The summed E-state index contributed by atoms with van der Waals surface area (Å²) in [5.41, 5.74) is 5.72. The third kappa shape index (κ3) is 4.50. The molecule has 1 aliphatic rings. The van der Waals surface area contributed by atoms with E-state index in [1.165, 1.54) is 0 Å². The molecular formula is C29H26N4O. The zero-order valence-corrected chi connectivity index (χ0v) is 19.0. The molecular weight excluding hydrogens is 420 g/mol. The molecule has 5 nitrogen and oxygen atoms in total. The van der Waals surface area contributed by atoms with Crippen LogP contribution in [0, 0.1) is 11.3 Å². The molecule has 0 amide bonds. The molecule has 4 aromatic rings. The van der Waals surface area contributed by atoms with Gasteiger partial charge in [0.15, 0.2) is 5.82 Å². The fourth-order valence-corrected chi connectivity index (χ4v) is 4.38. The number of hydrogen-bond acceptors (Lipinski definition) is 3. The van der Waals surface area contributed by atoms with E-state index in [-0.39, 0.29) is 0 Å². The molecule has 168 valence electrons. The van der Waals surface area contributed by atoms with Gasteiger partial charge >= 0.3 is 0 Å². The van der Waals surface area contributed by atoms with Gasteiger partial charge in [-0.1, -0.05) is 91.0 Å². The zero-order valence-electron chi connectivity index (χ0n) is 19.0. The Balaban J connectivity index is 1.75. The monoisotopic (exact) mass is 446 g/mol. The van der Waals surface area contributed by atoms with Crippen molar-refractivity contribution in [2.45, 2.75) is 6.54 Å². The summed E-state index contributed by atoms with van der Waals surface area (Å²) in [6, 6.07) is 33.2. The molecule has 3 aromatic carbocycles. The van der Waals surface area contributed by atoms with Gasteiger partial charge in [0.2, 0.25) is 0 Å². The van der Waals surface area contributed by atoms with Gasteiger partial charge in [-0.05, 0) is 16.7 Å². The van der Waals surface area contributed by atoms with Crippen LogP contribution in [0.15, 0.2) is 96.0 Å². The molecule has 2 heterocycles. The molecule has 34 heavy (non-hydrogen) atoms. The maximum atomic E-state index is 10.4. The number of nitrogens with zero attached hydrogens (tertiary/aromatic N) is 4. The quantitative estimate of drug-likeness (QED) is 0.281. The molecule has 0 N–H and O–H groups in total. The van der Waals surface area contributed by atoms with E-state index in [0.29, 0.717) is 31.1 Å². The summed E-state index contributed by atoms with van der Waals surface area (Å²) in [5, 5.41) is 10.4. The summed E-state index contributed by atoms with van der Waals surface area (Å²) in [6.45, 7) is 3.57. The van der Waals surface area contributed by atoms with Gasteiger partial charge in [0.1, 0.15) is 11.6 Å². The van der Waals surface area contributed by atoms with Crippen molar-refractivity contribution < 1.29 is 4.74 Å². The first-order valence-corrected chi connectivity index (χ1v) is 11.5. The number of ether oxygens (including phenoxy) is 1. The molecule has 0 spiro atoms. The topological polar surface area (TPSA) is 53.5 Å². The van der Waals surface area contributed by atoms with E-state index in [1.54, 1.807) is 0 Å². The zero-order chi connectivity index (χ0) is 23.2. The predicted octanol–water partition coefficient (Wildman–Crippen LogP) is 5.73. The Bertz CT molecular complexity index is 1300. The number of aliphatic imine (C=N–C) groups is 1. The third-order valence-corrected chi connectivity index (χ3v) is 6.03. The van der Waals surface area contributed by atoms with Crippen LogP contribution in [0.5, 0.6) is 0 Å².